The molecule has 9 aromatic carbocycles. The lowest BCUT2D eigenvalue weighted by atomic mass is 9.96. The summed E-state index contributed by atoms with van der Waals surface area (Å²) < 4.78 is 2.42. The number of hydrogen-bond acceptors (Lipinski definition) is 1. The van der Waals surface area contributed by atoms with Gasteiger partial charge in [-0.05, 0) is 117 Å². The molecule has 2 heteroatoms. The van der Waals surface area contributed by atoms with E-state index >= 15 is 0 Å². The summed E-state index contributed by atoms with van der Waals surface area (Å²) >= 11 is 0. The number of benzene rings is 9. The van der Waals surface area contributed by atoms with Crippen LogP contribution in [0.3, 0.4) is 0 Å². The second-order valence-electron chi connectivity index (χ2n) is 13.8. The Balaban J connectivity index is 1.20. The zero-order valence-electron chi connectivity index (χ0n) is 29.7. The fraction of sp³-hybridized carbons (Fsp3) is 0. The van der Waals surface area contributed by atoms with Crippen LogP contribution in [0.15, 0.2) is 218 Å². The van der Waals surface area contributed by atoms with Gasteiger partial charge in [0.1, 0.15) is 0 Å². The molecule has 10 aromatic rings. The van der Waals surface area contributed by atoms with Gasteiger partial charge in [0, 0.05) is 33.5 Å². The van der Waals surface area contributed by atoms with Crippen LogP contribution in [-0.2, 0) is 0 Å². The van der Waals surface area contributed by atoms with E-state index in [9.17, 15) is 0 Å². The highest BCUT2D eigenvalue weighted by Gasteiger charge is 2.20. The zero-order chi connectivity index (χ0) is 35.8. The Labute approximate surface area is 315 Å². The minimum Gasteiger partial charge on any atom is -0.310 e. The highest BCUT2D eigenvalue weighted by atomic mass is 15.1. The van der Waals surface area contributed by atoms with Gasteiger partial charge in [0.2, 0.25) is 0 Å². The number of anilines is 3. The molecule has 0 N–H and O–H groups in total. The summed E-state index contributed by atoms with van der Waals surface area (Å²) in [5, 5.41) is 4.97. The number of para-hydroxylation sites is 2. The first-order valence-corrected chi connectivity index (χ1v) is 18.5. The smallest absolute Gasteiger partial charge is 0.0547 e. The van der Waals surface area contributed by atoms with Crippen LogP contribution < -0.4 is 4.90 Å². The SMILES string of the molecule is c1ccc(-c2cc(-c3ccccc3)cc(N(c3ccccc3)c3cccc(-c4cccc5c4c4cc6ccccc6cc4n5-c4ccccc4)c3)c2)cc1. The first-order valence-electron chi connectivity index (χ1n) is 18.5. The topological polar surface area (TPSA) is 8.17 Å². The van der Waals surface area contributed by atoms with Gasteiger partial charge in [-0.1, -0.05) is 146 Å². The van der Waals surface area contributed by atoms with Crippen LogP contribution >= 0.6 is 0 Å². The van der Waals surface area contributed by atoms with E-state index < -0.39 is 0 Å². The van der Waals surface area contributed by atoms with Crippen LogP contribution in [0.2, 0.25) is 0 Å². The standard InChI is InChI=1S/C52H36N2/c1-5-17-37(18-6-1)42-31-43(38-19-7-2-8-20-38)34-47(33-42)53(44-24-9-3-10-25-44)46-28-15-23-41(32-46)48-29-16-30-50-52(48)49-35-39-21-13-14-22-40(39)36-51(49)54(50)45-26-11-4-12-27-45/h1-36H. The third-order valence-corrected chi connectivity index (χ3v) is 10.5. The van der Waals surface area contributed by atoms with Crippen molar-refractivity contribution in [2.45, 2.75) is 0 Å². The lowest BCUT2D eigenvalue weighted by Gasteiger charge is -2.27. The van der Waals surface area contributed by atoms with Crippen molar-refractivity contribution in [2.24, 2.45) is 0 Å². The summed E-state index contributed by atoms with van der Waals surface area (Å²) in [5.41, 5.74) is 13.9. The zero-order valence-corrected chi connectivity index (χ0v) is 29.7. The molecule has 0 aliphatic heterocycles. The minimum atomic E-state index is 1.09. The van der Waals surface area contributed by atoms with Crippen molar-refractivity contribution in [3.8, 4) is 39.1 Å². The van der Waals surface area contributed by atoms with Gasteiger partial charge in [0.25, 0.3) is 0 Å². The van der Waals surface area contributed by atoms with Crippen LogP contribution in [0.1, 0.15) is 0 Å². The maximum atomic E-state index is 2.42. The van der Waals surface area contributed by atoms with E-state index in [0.717, 1.165) is 22.7 Å². The van der Waals surface area contributed by atoms with Crippen molar-refractivity contribution < 1.29 is 0 Å². The number of nitrogens with zero attached hydrogens (tertiary/aromatic N) is 2. The summed E-state index contributed by atoms with van der Waals surface area (Å²) in [7, 11) is 0. The van der Waals surface area contributed by atoms with Crippen molar-refractivity contribution in [3.63, 3.8) is 0 Å². The summed E-state index contributed by atoms with van der Waals surface area (Å²) in [6, 6.07) is 78.9. The molecule has 0 saturated heterocycles. The molecule has 0 amide bonds. The Hall–Kier alpha value is -7.16. The monoisotopic (exact) mass is 688 g/mol. The molecule has 0 aliphatic rings. The summed E-state index contributed by atoms with van der Waals surface area (Å²) in [4.78, 5) is 2.39. The molecule has 0 unspecified atom stereocenters. The number of aromatic nitrogens is 1. The average molecular weight is 689 g/mol. The van der Waals surface area contributed by atoms with E-state index in [0.29, 0.717) is 0 Å². The van der Waals surface area contributed by atoms with Gasteiger partial charge in [-0.25, -0.2) is 0 Å². The molecule has 0 atom stereocenters. The Morgan fingerprint density at radius 1 is 0.315 bits per heavy atom. The Bertz CT molecular complexity index is 2850. The normalized spacial score (nSPS) is 11.3. The van der Waals surface area contributed by atoms with Gasteiger partial charge >= 0.3 is 0 Å². The maximum absolute atomic E-state index is 2.42. The molecule has 254 valence electrons. The maximum Gasteiger partial charge on any atom is 0.0547 e. The third-order valence-electron chi connectivity index (χ3n) is 10.5. The molecule has 1 heterocycles. The van der Waals surface area contributed by atoms with Crippen LogP contribution in [0.25, 0.3) is 71.6 Å². The molecule has 0 fully saturated rings. The summed E-state index contributed by atoms with van der Waals surface area (Å²) in [6.45, 7) is 0. The van der Waals surface area contributed by atoms with Crippen LogP contribution in [0.4, 0.5) is 17.1 Å². The highest BCUT2D eigenvalue weighted by molar-refractivity contribution is 6.18. The van der Waals surface area contributed by atoms with E-state index in [4.69, 9.17) is 0 Å². The molecule has 0 spiro atoms. The van der Waals surface area contributed by atoms with Gasteiger partial charge < -0.3 is 9.47 Å². The van der Waals surface area contributed by atoms with Gasteiger partial charge in [0.15, 0.2) is 0 Å². The Morgan fingerprint density at radius 2 is 0.833 bits per heavy atom. The summed E-state index contributed by atoms with van der Waals surface area (Å²) in [6.07, 6.45) is 0. The van der Waals surface area contributed by atoms with Gasteiger partial charge in [-0.2, -0.15) is 0 Å². The Morgan fingerprint density at radius 3 is 1.50 bits per heavy atom. The lowest BCUT2D eigenvalue weighted by Crippen LogP contribution is -2.10. The molecular formula is C52H36N2. The van der Waals surface area contributed by atoms with Crippen LogP contribution in [0.5, 0.6) is 0 Å². The van der Waals surface area contributed by atoms with Gasteiger partial charge in [0.05, 0.1) is 11.0 Å². The molecule has 2 nitrogen and oxygen atoms in total. The largest absolute Gasteiger partial charge is 0.310 e. The Kier molecular flexibility index (Phi) is 7.85. The molecule has 1 aromatic heterocycles. The first-order chi connectivity index (χ1) is 26.8. The van der Waals surface area contributed by atoms with E-state index in [1.165, 1.54) is 66.0 Å². The predicted octanol–water partition coefficient (Wildman–Crippen LogP) is 14.4. The molecule has 10 rings (SSSR count). The van der Waals surface area contributed by atoms with Crippen LogP contribution in [0, 0.1) is 0 Å². The second kappa shape index (κ2) is 13.4. The molecule has 0 aliphatic carbocycles. The molecular weight excluding hydrogens is 653 g/mol. The molecule has 0 radical (unpaired) electrons. The number of hydrogen-bond donors (Lipinski definition) is 0. The van der Waals surface area contributed by atoms with Crippen molar-refractivity contribution in [1.82, 2.24) is 4.57 Å². The number of fused-ring (bicyclic) bond motifs is 4. The molecule has 54 heavy (non-hydrogen) atoms. The van der Waals surface area contributed by atoms with Crippen molar-refractivity contribution >= 4 is 49.6 Å². The van der Waals surface area contributed by atoms with E-state index in [1.54, 1.807) is 0 Å². The van der Waals surface area contributed by atoms with Crippen molar-refractivity contribution in [2.75, 3.05) is 4.90 Å². The van der Waals surface area contributed by atoms with E-state index in [1.807, 2.05) is 0 Å². The van der Waals surface area contributed by atoms with Gasteiger partial charge in [-0.15, -0.1) is 0 Å². The molecule has 0 saturated carbocycles. The fourth-order valence-corrected chi connectivity index (χ4v) is 8.02. The van der Waals surface area contributed by atoms with E-state index in [-0.39, 0.29) is 0 Å². The van der Waals surface area contributed by atoms with Gasteiger partial charge in [-0.3, -0.25) is 0 Å². The molecule has 0 bridgehead atoms. The van der Waals surface area contributed by atoms with Crippen molar-refractivity contribution in [1.29, 1.82) is 0 Å². The summed E-state index contributed by atoms with van der Waals surface area (Å²) in [5.74, 6) is 0. The minimum absolute atomic E-state index is 1.09. The lowest BCUT2D eigenvalue weighted by molar-refractivity contribution is 1.18. The van der Waals surface area contributed by atoms with Crippen molar-refractivity contribution in [3.05, 3.63) is 218 Å². The average Bonchev–Trinajstić information content (AvgIpc) is 3.57. The third kappa shape index (κ3) is 5.62. The fourth-order valence-electron chi connectivity index (χ4n) is 8.02. The quantitative estimate of drug-likeness (QED) is 0.162. The predicted molar refractivity (Wildman–Crippen MR) is 229 cm³/mol. The second-order valence-corrected chi connectivity index (χ2v) is 13.8. The highest BCUT2D eigenvalue weighted by Crippen LogP contribution is 2.44. The van der Waals surface area contributed by atoms with Crippen LogP contribution in [-0.4, -0.2) is 4.57 Å². The first kappa shape index (κ1) is 31.6. The number of rotatable bonds is 7. The van der Waals surface area contributed by atoms with E-state index in [2.05, 4.69) is 228 Å².